The standard InChI is InChI=1S/C12H14N2O6/c15-11(16)7-13(8-12(17)18)6-5-9-1-3-10(4-2-9)14(19)20/h1-4H,5-8H2,(H,15,16)(H,17,18). The Balaban J connectivity index is 2.59. The summed E-state index contributed by atoms with van der Waals surface area (Å²) in [5.74, 6) is -2.20. The van der Waals surface area contributed by atoms with E-state index in [4.69, 9.17) is 10.2 Å². The minimum absolute atomic E-state index is 0.0262. The first-order valence-corrected chi connectivity index (χ1v) is 5.77. The third-order valence-electron chi connectivity index (χ3n) is 2.58. The smallest absolute Gasteiger partial charge is 0.317 e. The van der Waals surface area contributed by atoms with E-state index >= 15 is 0 Å². The first kappa shape index (κ1) is 15.6. The van der Waals surface area contributed by atoms with E-state index in [1.807, 2.05) is 0 Å². The number of hydrogen-bond acceptors (Lipinski definition) is 5. The molecule has 1 aromatic rings. The number of nitrogens with zero attached hydrogens (tertiary/aromatic N) is 2. The molecule has 20 heavy (non-hydrogen) atoms. The van der Waals surface area contributed by atoms with Gasteiger partial charge in [-0.15, -0.1) is 0 Å². The van der Waals surface area contributed by atoms with E-state index in [0.717, 1.165) is 5.56 Å². The van der Waals surface area contributed by atoms with Crippen LogP contribution in [-0.2, 0) is 16.0 Å². The molecule has 0 atom stereocenters. The molecule has 8 nitrogen and oxygen atoms in total. The minimum atomic E-state index is -1.10. The van der Waals surface area contributed by atoms with Gasteiger partial charge in [0.2, 0.25) is 0 Å². The topological polar surface area (TPSA) is 121 Å². The number of non-ortho nitro benzene ring substituents is 1. The summed E-state index contributed by atoms with van der Waals surface area (Å²) in [4.78, 5) is 32.5. The molecule has 0 fully saturated rings. The minimum Gasteiger partial charge on any atom is -0.480 e. The second-order valence-corrected chi connectivity index (χ2v) is 4.17. The highest BCUT2D eigenvalue weighted by molar-refractivity contribution is 5.72. The SMILES string of the molecule is O=C(O)CN(CCc1ccc([N+](=O)[O-])cc1)CC(=O)O. The zero-order chi connectivity index (χ0) is 15.1. The van der Waals surface area contributed by atoms with Gasteiger partial charge in [-0.2, -0.15) is 0 Å². The summed E-state index contributed by atoms with van der Waals surface area (Å²) in [6.07, 6.45) is 0.415. The van der Waals surface area contributed by atoms with Crippen molar-refractivity contribution in [3.8, 4) is 0 Å². The lowest BCUT2D eigenvalue weighted by Crippen LogP contribution is -2.35. The van der Waals surface area contributed by atoms with Gasteiger partial charge >= 0.3 is 11.9 Å². The van der Waals surface area contributed by atoms with Gasteiger partial charge in [0.05, 0.1) is 18.0 Å². The van der Waals surface area contributed by atoms with Gasteiger partial charge in [0.25, 0.3) is 5.69 Å². The summed E-state index contributed by atoms with van der Waals surface area (Å²) in [6.45, 7) is -0.477. The quantitative estimate of drug-likeness (QED) is 0.529. The molecule has 0 spiro atoms. The maximum Gasteiger partial charge on any atom is 0.317 e. The van der Waals surface area contributed by atoms with Gasteiger partial charge in [0.1, 0.15) is 0 Å². The van der Waals surface area contributed by atoms with Crippen molar-refractivity contribution in [2.75, 3.05) is 19.6 Å². The van der Waals surface area contributed by atoms with E-state index in [2.05, 4.69) is 0 Å². The van der Waals surface area contributed by atoms with E-state index in [1.54, 1.807) is 12.1 Å². The van der Waals surface area contributed by atoms with Crippen LogP contribution in [0.1, 0.15) is 5.56 Å². The van der Waals surface area contributed by atoms with Crippen LogP contribution >= 0.6 is 0 Å². The van der Waals surface area contributed by atoms with Crippen LogP contribution in [0.15, 0.2) is 24.3 Å². The maximum atomic E-state index is 10.6. The summed E-state index contributed by atoms with van der Waals surface area (Å²) in [5.41, 5.74) is 0.748. The Hall–Kier alpha value is -2.48. The maximum absolute atomic E-state index is 10.6. The molecule has 1 aromatic carbocycles. The number of nitro benzene ring substituents is 1. The van der Waals surface area contributed by atoms with E-state index < -0.39 is 16.9 Å². The number of nitro groups is 1. The molecule has 0 saturated carbocycles. The molecule has 0 saturated heterocycles. The summed E-state index contributed by atoms with van der Waals surface area (Å²) in [5, 5.41) is 27.9. The van der Waals surface area contributed by atoms with Crippen molar-refractivity contribution in [3.05, 3.63) is 39.9 Å². The summed E-state index contributed by atoms with van der Waals surface area (Å²) in [7, 11) is 0. The summed E-state index contributed by atoms with van der Waals surface area (Å²) >= 11 is 0. The Morgan fingerprint density at radius 3 is 2.00 bits per heavy atom. The molecule has 0 aliphatic rings. The van der Waals surface area contributed by atoms with Crippen LogP contribution in [0.25, 0.3) is 0 Å². The lowest BCUT2D eigenvalue weighted by Gasteiger charge is -2.17. The van der Waals surface area contributed by atoms with Crippen LogP contribution in [0.5, 0.6) is 0 Å². The molecule has 108 valence electrons. The Kier molecular flexibility index (Phi) is 5.60. The molecule has 0 bridgehead atoms. The van der Waals surface area contributed by atoms with Crippen molar-refractivity contribution < 1.29 is 24.7 Å². The van der Waals surface area contributed by atoms with E-state index in [0.29, 0.717) is 6.42 Å². The molecule has 8 heteroatoms. The highest BCUT2D eigenvalue weighted by Gasteiger charge is 2.13. The highest BCUT2D eigenvalue weighted by Crippen LogP contribution is 2.12. The number of hydrogen-bond donors (Lipinski definition) is 2. The average molecular weight is 282 g/mol. The Morgan fingerprint density at radius 2 is 1.60 bits per heavy atom. The molecule has 0 unspecified atom stereocenters. The third kappa shape index (κ3) is 5.44. The van der Waals surface area contributed by atoms with Crippen molar-refractivity contribution in [2.24, 2.45) is 0 Å². The van der Waals surface area contributed by atoms with E-state index in [-0.39, 0.29) is 25.3 Å². The van der Waals surface area contributed by atoms with Gasteiger partial charge in [-0.25, -0.2) is 0 Å². The predicted octanol–water partition coefficient (Wildman–Crippen LogP) is 0.608. The van der Waals surface area contributed by atoms with Gasteiger partial charge < -0.3 is 10.2 Å². The second kappa shape index (κ2) is 7.19. The molecular formula is C12H14N2O6. The van der Waals surface area contributed by atoms with Crippen LogP contribution in [-0.4, -0.2) is 51.6 Å². The zero-order valence-electron chi connectivity index (χ0n) is 10.6. The van der Waals surface area contributed by atoms with E-state index in [9.17, 15) is 19.7 Å². The van der Waals surface area contributed by atoms with Gasteiger partial charge in [-0.3, -0.25) is 24.6 Å². The van der Waals surface area contributed by atoms with Crippen molar-refractivity contribution in [3.63, 3.8) is 0 Å². The fourth-order valence-electron chi connectivity index (χ4n) is 1.67. The van der Waals surface area contributed by atoms with Crippen LogP contribution in [0.3, 0.4) is 0 Å². The van der Waals surface area contributed by atoms with Crippen molar-refractivity contribution in [2.45, 2.75) is 6.42 Å². The largest absolute Gasteiger partial charge is 0.480 e. The second-order valence-electron chi connectivity index (χ2n) is 4.17. The van der Waals surface area contributed by atoms with Gasteiger partial charge in [-0.05, 0) is 12.0 Å². The fraction of sp³-hybridized carbons (Fsp3) is 0.333. The molecule has 2 N–H and O–H groups in total. The molecule has 0 aliphatic heterocycles. The first-order valence-electron chi connectivity index (χ1n) is 5.77. The molecule has 0 heterocycles. The lowest BCUT2D eigenvalue weighted by molar-refractivity contribution is -0.384. The Bertz CT molecular complexity index is 483. The van der Waals surface area contributed by atoms with Gasteiger partial charge in [-0.1, -0.05) is 12.1 Å². The fourth-order valence-corrected chi connectivity index (χ4v) is 1.67. The average Bonchev–Trinajstić information content (AvgIpc) is 2.35. The van der Waals surface area contributed by atoms with Crippen molar-refractivity contribution in [1.29, 1.82) is 0 Å². The molecule has 0 aliphatic carbocycles. The number of benzene rings is 1. The zero-order valence-corrected chi connectivity index (χ0v) is 10.6. The number of carboxylic acid groups (broad SMARTS) is 2. The monoisotopic (exact) mass is 282 g/mol. The summed E-state index contributed by atoms with van der Waals surface area (Å²) in [6, 6.07) is 5.85. The van der Waals surface area contributed by atoms with Crippen LogP contribution in [0.2, 0.25) is 0 Å². The molecule has 1 rings (SSSR count). The highest BCUT2D eigenvalue weighted by atomic mass is 16.6. The van der Waals surface area contributed by atoms with Crippen molar-refractivity contribution in [1.82, 2.24) is 4.90 Å². The van der Waals surface area contributed by atoms with Gasteiger partial charge in [0.15, 0.2) is 0 Å². The number of rotatable bonds is 8. The van der Waals surface area contributed by atoms with Crippen LogP contribution in [0, 0.1) is 10.1 Å². The Morgan fingerprint density at radius 1 is 1.10 bits per heavy atom. The van der Waals surface area contributed by atoms with Crippen LogP contribution < -0.4 is 0 Å². The van der Waals surface area contributed by atoms with Gasteiger partial charge in [0, 0.05) is 18.7 Å². The molecule has 0 amide bonds. The third-order valence-corrected chi connectivity index (χ3v) is 2.58. The number of carboxylic acids is 2. The lowest BCUT2D eigenvalue weighted by atomic mass is 10.1. The number of carbonyl (C=O) groups is 2. The summed E-state index contributed by atoms with van der Waals surface area (Å²) < 4.78 is 0. The molecule has 0 radical (unpaired) electrons. The first-order chi connectivity index (χ1) is 9.38. The van der Waals surface area contributed by atoms with E-state index in [1.165, 1.54) is 17.0 Å². The number of aliphatic carboxylic acids is 2. The molecule has 0 aromatic heterocycles. The van der Waals surface area contributed by atoms with Crippen LogP contribution in [0.4, 0.5) is 5.69 Å². The molecular weight excluding hydrogens is 268 g/mol. The van der Waals surface area contributed by atoms with Crippen molar-refractivity contribution >= 4 is 17.6 Å². The Labute approximate surface area is 114 Å². The predicted molar refractivity (Wildman–Crippen MR) is 68.5 cm³/mol. The normalized spacial score (nSPS) is 10.4.